The van der Waals surface area contributed by atoms with Crippen LogP contribution in [0.5, 0.6) is 5.75 Å². The van der Waals surface area contributed by atoms with Crippen LogP contribution in [0.15, 0.2) is 39.9 Å². The van der Waals surface area contributed by atoms with Crippen LogP contribution in [0, 0.1) is 21.0 Å². The fraction of sp³-hybridized carbons (Fsp3) is 0.182. The van der Waals surface area contributed by atoms with Gasteiger partial charge in [0.05, 0.1) is 18.3 Å². The summed E-state index contributed by atoms with van der Waals surface area (Å²) in [5.74, 6) is 0.140. The van der Waals surface area contributed by atoms with Crippen LogP contribution in [0.25, 0.3) is 0 Å². The highest BCUT2D eigenvalue weighted by molar-refractivity contribution is 14.1. The fourth-order valence-electron chi connectivity index (χ4n) is 3.76. The second-order valence-corrected chi connectivity index (χ2v) is 10.7. The van der Waals surface area contributed by atoms with Gasteiger partial charge in [-0.2, -0.15) is 0 Å². The van der Waals surface area contributed by atoms with Crippen molar-refractivity contribution in [1.29, 1.82) is 0 Å². The first kappa shape index (κ1) is 24.4. The summed E-state index contributed by atoms with van der Waals surface area (Å²) in [6.45, 7) is 3.89. The van der Waals surface area contributed by atoms with Gasteiger partial charge < -0.3 is 14.9 Å². The third kappa shape index (κ3) is 4.91. The van der Waals surface area contributed by atoms with Gasteiger partial charge in [-0.15, -0.1) is 0 Å². The van der Waals surface area contributed by atoms with E-state index in [4.69, 9.17) is 27.9 Å². The summed E-state index contributed by atoms with van der Waals surface area (Å²) in [5, 5.41) is 12.1. The number of aryl methyl sites for hydroxylation is 2. The van der Waals surface area contributed by atoms with Gasteiger partial charge in [0.1, 0.15) is 12.4 Å². The molecule has 0 amide bonds. The molecule has 0 aliphatic heterocycles. The summed E-state index contributed by atoms with van der Waals surface area (Å²) in [7, 11) is 0. The summed E-state index contributed by atoms with van der Waals surface area (Å²) in [4.78, 5) is 25.3. The van der Waals surface area contributed by atoms with E-state index in [1.807, 2.05) is 18.2 Å². The van der Waals surface area contributed by atoms with E-state index in [0.29, 0.717) is 38.3 Å². The molecule has 0 radical (unpaired) electrons. The zero-order valence-electron chi connectivity index (χ0n) is 17.4. The van der Waals surface area contributed by atoms with Crippen LogP contribution in [0.3, 0.4) is 0 Å². The lowest BCUT2D eigenvalue weighted by molar-refractivity contribution is 0.301. The van der Waals surface area contributed by atoms with Crippen LogP contribution >= 0.6 is 68.4 Å². The standard InChI is InChI=1S/C22H18Cl2I2N4O3/c1-9-17(21(31)29-27-9)19(18-10(2)28-30-22(18)32)12-5-15(25)20(16(26)6-12)33-8-11-3-4-13(23)7-14(11)24/h3-7,19H,8H2,1-2H3,(H2,27,29,31)(H2,28,30,32). The van der Waals surface area contributed by atoms with E-state index >= 15 is 0 Å². The molecule has 4 rings (SSSR count). The summed E-state index contributed by atoms with van der Waals surface area (Å²) >= 11 is 16.7. The molecule has 11 heteroatoms. The minimum Gasteiger partial charge on any atom is -0.487 e. The molecule has 4 N–H and O–H groups in total. The Hall–Kier alpha value is -1.70. The number of rotatable bonds is 6. The third-order valence-electron chi connectivity index (χ3n) is 5.34. The highest BCUT2D eigenvalue weighted by Gasteiger charge is 2.29. The van der Waals surface area contributed by atoms with Crippen molar-refractivity contribution in [2.75, 3.05) is 0 Å². The number of hydrogen-bond acceptors (Lipinski definition) is 3. The fourth-order valence-corrected chi connectivity index (χ4v) is 6.35. The van der Waals surface area contributed by atoms with Crippen molar-refractivity contribution >= 4 is 68.4 Å². The van der Waals surface area contributed by atoms with Gasteiger partial charge in [0.15, 0.2) is 0 Å². The zero-order valence-corrected chi connectivity index (χ0v) is 23.2. The van der Waals surface area contributed by atoms with Crippen LogP contribution in [0.2, 0.25) is 10.0 Å². The lowest BCUT2D eigenvalue weighted by atomic mass is 9.85. The Kier molecular flexibility index (Phi) is 7.32. The van der Waals surface area contributed by atoms with Gasteiger partial charge in [0, 0.05) is 32.9 Å². The maximum atomic E-state index is 12.7. The van der Waals surface area contributed by atoms with Crippen molar-refractivity contribution in [3.05, 3.63) is 102 Å². The number of hydrogen-bond donors (Lipinski definition) is 4. The lowest BCUT2D eigenvalue weighted by Crippen LogP contribution is -2.20. The molecule has 2 aromatic heterocycles. The second-order valence-electron chi connectivity index (χ2n) is 7.51. The molecule has 2 aromatic carbocycles. The van der Waals surface area contributed by atoms with E-state index in [9.17, 15) is 9.59 Å². The number of ether oxygens (including phenoxy) is 1. The van der Waals surface area contributed by atoms with E-state index in [-0.39, 0.29) is 17.7 Å². The third-order valence-corrected chi connectivity index (χ3v) is 7.53. The maximum Gasteiger partial charge on any atom is 0.268 e. The van der Waals surface area contributed by atoms with Crippen LogP contribution in [0.1, 0.15) is 39.6 Å². The molecular formula is C22H18Cl2I2N4O3. The molecule has 0 unspecified atom stereocenters. The molecule has 0 aliphatic rings. The van der Waals surface area contributed by atoms with E-state index < -0.39 is 5.92 Å². The van der Waals surface area contributed by atoms with Crippen LogP contribution in [-0.2, 0) is 6.61 Å². The SMILES string of the molecule is Cc1[nH][nH]c(=O)c1C(c1cc(I)c(OCc2ccc(Cl)cc2Cl)c(I)c1)c1c(C)[nH][nH]c1=O. The van der Waals surface area contributed by atoms with Gasteiger partial charge in [-0.05, 0) is 88.9 Å². The molecule has 33 heavy (non-hydrogen) atoms. The maximum absolute atomic E-state index is 12.7. The Morgan fingerprint density at radius 1 is 0.879 bits per heavy atom. The monoisotopic (exact) mass is 710 g/mol. The predicted octanol–water partition coefficient (Wildman–Crippen LogP) is 5.61. The summed E-state index contributed by atoms with van der Waals surface area (Å²) < 4.78 is 7.79. The van der Waals surface area contributed by atoms with Gasteiger partial charge in [0.25, 0.3) is 11.1 Å². The number of aromatic nitrogens is 4. The smallest absolute Gasteiger partial charge is 0.268 e. The van der Waals surface area contributed by atoms with Crippen LogP contribution < -0.4 is 15.9 Å². The van der Waals surface area contributed by atoms with Gasteiger partial charge in [-0.3, -0.25) is 19.8 Å². The predicted molar refractivity (Wildman–Crippen MR) is 146 cm³/mol. The zero-order chi connectivity index (χ0) is 23.9. The molecule has 0 bridgehead atoms. The molecule has 2 heterocycles. The number of aromatic amines is 4. The Morgan fingerprint density at radius 3 is 1.88 bits per heavy atom. The molecule has 0 saturated heterocycles. The summed E-state index contributed by atoms with van der Waals surface area (Å²) in [6.07, 6.45) is 0. The van der Waals surface area contributed by atoms with Crippen molar-refractivity contribution < 1.29 is 4.74 Å². The molecule has 172 valence electrons. The Morgan fingerprint density at radius 2 is 1.42 bits per heavy atom. The van der Waals surface area contributed by atoms with Gasteiger partial charge in [-0.25, -0.2) is 0 Å². The first-order valence-electron chi connectivity index (χ1n) is 9.77. The van der Waals surface area contributed by atoms with Crippen molar-refractivity contribution in [2.45, 2.75) is 26.4 Å². The van der Waals surface area contributed by atoms with Crippen LogP contribution in [-0.4, -0.2) is 20.4 Å². The number of benzene rings is 2. The first-order chi connectivity index (χ1) is 15.7. The van der Waals surface area contributed by atoms with E-state index in [2.05, 4.69) is 65.6 Å². The Bertz CT molecular complexity index is 1380. The van der Waals surface area contributed by atoms with Gasteiger partial charge >= 0.3 is 0 Å². The van der Waals surface area contributed by atoms with Gasteiger partial charge in [-0.1, -0.05) is 29.3 Å². The molecule has 0 aliphatic carbocycles. The molecule has 0 atom stereocenters. The first-order valence-corrected chi connectivity index (χ1v) is 12.7. The molecule has 0 fully saturated rings. The van der Waals surface area contributed by atoms with Crippen molar-refractivity contribution in [1.82, 2.24) is 20.4 Å². The number of halogens is 4. The molecule has 0 saturated carbocycles. The van der Waals surface area contributed by atoms with E-state index in [1.165, 1.54) is 0 Å². The second kappa shape index (κ2) is 9.88. The van der Waals surface area contributed by atoms with Gasteiger partial charge in [0.2, 0.25) is 0 Å². The highest BCUT2D eigenvalue weighted by Crippen LogP contribution is 2.37. The quantitative estimate of drug-likeness (QED) is 0.196. The minimum absolute atomic E-state index is 0.264. The highest BCUT2D eigenvalue weighted by atomic mass is 127. The van der Waals surface area contributed by atoms with E-state index in [1.54, 1.807) is 26.0 Å². The summed E-state index contributed by atoms with van der Waals surface area (Å²) in [6, 6.07) is 9.15. The van der Waals surface area contributed by atoms with Crippen molar-refractivity contribution in [2.24, 2.45) is 0 Å². The Balaban J connectivity index is 1.77. The number of nitrogens with one attached hydrogen (secondary N) is 4. The average Bonchev–Trinajstić information content (AvgIpc) is 3.25. The molecule has 0 spiro atoms. The summed E-state index contributed by atoms with van der Waals surface area (Å²) in [5.41, 5.74) is 3.44. The van der Waals surface area contributed by atoms with E-state index in [0.717, 1.165) is 18.3 Å². The molecular weight excluding hydrogens is 693 g/mol. The average molecular weight is 711 g/mol. The van der Waals surface area contributed by atoms with Crippen molar-refractivity contribution in [3.8, 4) is 5.75 Å². The van der Waals surface area contributed by atoms with Crippen LogP contribution in [0.4, 0.5) is 0 Å². The normalized spacial score (nSPS) is 11.4. The topological polar surface area (TPSA) is 107 Å². The Labute approximate surface area is 225 Å². The largest absolute Gasteiger partial charge is 0.487 e. The van der Waals surface area contributed by atoms with Crippen molar-refractivity contribution in [3.63, 3.8) is 0 Å². The molecule has 7 nitrogen and oxygen atoms in total. The molecule has 4 aromatic rings. The lowest BCUT2D eigenvalue weighted by Gasteiger charge is -2.19. The number of H-pyrrole nitrogens is 4. The minimum atomic E-state index is -0.559.